The molecule has 1 saturated heterocycles. The van der Waals surface area contributed by atoms with Crippen molar-refractivity contribution < 1.29 is 14.3 Å². The Morgan fingerprint density at radius 1 is 1.59 bits per heavy atom. The second-order valence-electron chi connectivity index (χ2n) is 4.30. The molecule has 0 amide bonds. The van der Waals surface area contributed by atoms with Crippen LogP contribution in [-0.2, 0) is 9.47 Å². The molecule has 1 fully saturated rings. The Balaban J connectivity index is 1.92. The van der Waals surface area contributed by atoms with Crippen LogP contribution in [0.15, 0.2) is 18.2 Å². The maximum Gasteiger partial charge on any atom is 0.338 e. The van der Waals surface area contributed by atoms with Gasteiger partial charge in [-0.25, -0.2) is 4.79 Å². The van der Waals surface area contributed by atoms with Gasteiger partial charge < -0.3 is 15.2 Å². The summed E-state index contributed by atoms with van der Waals surface area (Å²) in [5.74, 6) is -0.316. The predicted molar refractivity (Wildman–Crippen MR) is 64.8 cm³/mol. The summed E-state index contributed by atoms with van der Waals surface area (Å²) in [4.78, 5) is 11.7. The van der Waals surface area contributed by atoms with Crippen molar-refractivity contribution in [1.82, 2.24) is 0 Å². The molecule has 1 aliphatic rings. The third-order valence-corrected chi connectivity index (χ3v) is 2.93. The third-order valence-electron chi connectivity index (χ3n) is 2.93. The Morgan fingerprint density at radius 2 is 2.41 bits per heavy atom. The highest BCUT2D eigenvalue weighted by molar-refractivity contribution is 5.90. The number of benzene rings is 1. The lowest BCUT2D eigenvalue weighted by Crippen LogP contribution is -2.18. The van der Waals surface area contributed by atoms with Crippen LogP contribution in [0.3, 0.4) is 0 Å². The zero-order valence-corrected chi connectivity index (χ0v) is 9.94. The van der Waals surface area contributed by atoms with Gasteiger partial charge in [-0.05, 0) is 43.5 Å². The van der Waals surface area contributed by atoms with Gasteiger partial charge in [0.2, 0.25) is 0 Å². The summed E-state index contributed by atoms with van der Waals surface area (Å²) >= 11 is 0. The van der Waals surface area contributed by atoms with Gasteiger partial charge in [0.15, 0.2) is 0 Å². The summed E-state index contributed by atoms with van der Waals surface area (Å²) < 4.78 is 10.6. The van der Waals surface area contributed by atoms with Crippen molar-refractivity contribution in [3.63, 3.8) is 0 Å². The average molecular weight is 235 g/mol. The molecule has 1 aromatic carbocycles. The molecule has 4 nitrogen and oxygen atoms in total. The summed E-state index contributed by atoms with van der Waals surface area (Å²) in [6.45, 7) is 2.97. The van der Waals surface area contributed by atoms with Gasteiger partial charge >= 0.3 is 5.97 Å². The average Bonchev–Trinajstić information content (AvgIpc) is 2.82. The number of carbonyl (C=O) groups excluding carboxylic acids is 1. The second-order valence-corrected chi connectivity index (χ2v) is 4.30. The van der Waals surface area contributed by atoms with E-state index in [1.807, 2.05) is 6.92 Å². The quantitative estimate of drug-likeness (QED) is 0.642. The molecule has 0 radical (unpaired) electrons. The van der Waals surface area contributed by atoms with Crippen molar-refractivity contribution in [1.29, 1.82) is 0 Å². The lowest BCUT2D eigenvalue weighted by Gasteiger charge is -2.10. The second kappa shape index (κ2) is 5.19. The van der Waals surface area contributed by atoms with E-state index >= 15 is 0 Å². The topological polar surface area (TPSA) is 61.5 Å². The van der Waals surface area contributed by atoms with Gasteiger partial charge in [0.05, 0.1) is 11.7 Å². The molecule has 1 unspecified atom stereocenters. The Kier molecular flexibility index (Phi) is 3.64. The van der Waals surface area contributed by atoms with Gasteiger partial charge in [-0.3, -0.25) is 0 Å². The Morgan fingerprint density at radius 3 is 3.06 bits per heavy atom. The first kappa shape index (κ1) is 11.9. The van der Waals surface area contributed by atoms with Crippen LogP contribution in [-0.4, -0.2) is 25.3 Å². The number of nitrogen functional groups attached to an aromatic ring is 1. The minimum absolute atomic E-state index is 0.0637. The molecule has 1 aliphatic heterocycles. The summed E-state index contributed by atoms with van der Waals surface area (Å²) in [5.41, 5.74) is 7.79. The molecule has 0 aromatic heterocycles. The molecule has 0 bridgehead atoms. The molecule has 1 heterocycles. The number of nitrogens with two attached hydrogens (primary N) is 1. The minimum Gasteiger partial charge on any atom is -0.459 e. The molecule has 0 aliphatic carbocycles. The first-order valence-electron chi connectivity index (χ1n) is 5.81. The molecular weight excluding hydrogens is 218 g/mol. The predicted octanol–water partition coefficient (Wildman–Crippen LogP) is 1.91. The monoisotopic (exact) mass is 235 g/mol. The van der Waals surface area contributed by atoms with Crippen molar-refractivity contribution in [2.45, 2.75) is 25.9 Å². The zero-order chi connectivity index (χ0) is 12.3. The number of aryl methyl sites for hydroxylation is 1. The fourth-order valence-electron chi connectivity index (χ4n) is 1.83. The molecule has 4 heteroatoms. The van der Waals surface area contributed by atoms with E-state index in [9.17, 15) is 4.79 Å². The number of esters is 1. The number of carbonyl (C=O) groups is 1. The molecule has 0 saturated carbocycles. The van der Waals surface area contributed by atoms with Crippen molar-refractivity contribution in [3.05, 3.63) is 29.3 Å². The fourth-order valence-corrected chi connectivity index (χ4v) is 1.83. The van der Waals surface area contributed by atoms with Crippen molar-refractivity contribution in [2.24, 2.45) is 0 Å². The summed E-state index contributed by atoms with van der Waals surface area (Å²) in [5, 5.41) is 0. The van der Waals surface area contributed by atoms with Crippen LogP contribution in [0.1, 0.15) is 28.8 Å². The normalized spacial score (nSPS) is 19.2. The number of hydrogen-bond donors (Lipinski definition) is 1. The van der Waals surface area contributed by atoms with Crippen LogP contribution < -0.4 is 5.73 Å². The van der Waals surface area contributed by atoms with Crippen LogP contribution in [0.5, 0.6) is 0 Å². The zero-order valence-electron chi connectivity index (χ0n) is 9.94. The van der Waals surface area contributed by atoms with E-state index in [4.69, 9.17) is 15.2 Å². The van der Waals surface area contributed by atoms with Gasteiger partial charge in [-0.15, -0.1) is 0 Å². The van der Waals surface area contributed by atoms with E-state index in [-0.39, 0.29) is 12.1 Å². The van der Waals surface area contributed by atoms with Gasteiger partial charge in [0.25, 0.3) is 0 Å². The SMILES string of the molecule is Cc1cc(C(=O)OCC2CCCO2)ccc1N. The maximum absolute atomic E-state index is 11.7. The number of rotatable bonds is 3. The van der Waals surface area contributed by atoms with Crippen LogP contribution >= 0.6 is 0 Å². The molecule has 0 spiro atoms. The number of ether oxygens (including phenoxy) is 2. The van der Waals surface area contributed by atoms with Gasteiger partial charge in [-0.1, -0.05) is 0 Å². The largest absolute Gasteiger partial charge is 0.459 e. The first-order valence-corrected chi connectivity index (χ1v) is 5.81. The van der Waals surface area contributed by atoms with E-state index in [1.54, 1.807) is 18.2 Å². The highest BCUT2D eigenvalue weighted by atomic mass is 16.6. The molecule has 1 atom stereocenters. The Labute approximate surface area is 101 Å². The standard InChI is InChI=1S/C13H17NO3/c1-9-7-10(4-5-12(9)14)13(15)17-8-11-3-2-6-16-11/h4-5,7,11H,2-3,6,8,14H2,1H3. The molecule has 17 heavy (non-hydrogen) atoms. The first-order chi connectivity index (χ1) is 8.16. The van der Waals surface area contributed by atoms with E-state index in [0.717, 1.165) is 25.0 Å². The highest BCUT2D eigenvalue weighted by Gasteiger charge is 2.18. The lowest BCUT2D eigenvalue weighted by molar-refractivity contribution is 0.0161. The maximum atomic E-state index is 11.7. The number of hydrogen-bond acceptors (Lipinski definition) is 4. The van der Waals surface area contributed by atoms with Crippen molar-refractivity contribution in [3.8, 4) is 0 Å². The van der Waals surface area contributed by atoms with E-state index in [0.29, 0.717) is 17.9 Å². The summed E-state index contributed by atoms with van der Waals surface area (Å²) in [7, 11) is 0. The highest BCUT2D eigenvalue weighted by Crippen LogP contribution is 2.15. The Hall–Kier alpha value is -1.55. The minimum atomic E-state index is -0.316. The number of anilines is 1. The van der Waals surface area contributed by atoms with Gasteiger partial charge in [0, 0.05) is 12.3 Å². The van der Waals surface area contributed by atoms with Crippen LogP contribution in [0.4, 0.5) is 5.69 Å². The summed E-state index contributed by atoms with van der Waals surface area (Å²) in [6.07, 6.45) is 2.07. The van der Waals surface area contributed by atoms with Crippen LogP contribution in [0, 0.1) is 6.92 Å². The molecule has 2 rings (SSSR count). The van der Waals surface area contributed by atoms with E-state index < -0.39 is 0 Å². The van der Waals surface area contributed by atoms with Gasteiger partial charge in [-0.2, -0.15) is 0 Å². The molecule has 2 N–H and O–H groups in total. The Bertz CT molecular complexity index is 411. The smallest absolute Gasteiger partial charge is 0.338 e. The van der Waals surface area contributed by atoms with Crippen LogP contribution in [0.2, 0.25) is 0 Å². The van der Waals surface area contributed by atoms with Crippen molar-refractivity contribution >= 4 is 11.7 Å². The summed E-state index contributed by atoms with van der Waals surface area (Å²) in [6, 6.07) is 5.14. The van der Waals surface area contributed by atoms with Crippen molar-refractivity contribution in [2.75, 3.05) is 18.9 Å². The lowest BCUT2D eigenvalue weighted by atomic mass is 10.1. The van der Waals surface area contributed by atoms with E-state index in [2.05, 4.69) is 0 Å². The van der Waals surface area contributed by atoms with Crippen LogP contribution in [0.25, 0.3) is 0 Å². The van der Waals surface area contributed by atoms with E-state index in [1.165, 1.54) is 0 Å². The fraction of sp³-hybridized carbons (Fsp3) is 0.462. The molecule has 92 valence electrons. The molecule has 1 aromatic rings. The van der Waals surface area contributed by atoms with Gasteiger partial charge in [0.1, 0.15) is 6.61 Å². The molecular formula is C13H17NO3. The third kappa shape index (κ3) is 2.97.